The van der Waals surface area contributed by atoms with Crippen LogP contribution in [0.4, 0.5) is 0 Å². The predicted molar refractivity (Wildman–Crippen MR) is 68.9 cm³/mol. The monoisotopic (exact) mass is 249 g/mol. The lowest BCUT2D eigenvalue weighted by Gasteiger charge is -2.04. The molecule has 5 heteroatoms. The minimum absolute atomic E-state index is 0.0338. The molecule has 0 saturated heterocycles. The molecule has 0 heterocycles. The van der Waals surface area contributed by atoms with Crippen LogP contribution in [-0.4, -0.2) is 37.2 Å². The number of hydrogen-bond acceptors (Lipinski definition) is 4. The zero-order chi connectivity index (χ0) is 12.8. The third-order valence-electron chi connectivity index (χ3n) is 1.51. The van der Waals surface area contributed by atoms with E-state index < -0.39 is 0 Å². The predicted octanol–water partition coefficient (Wildman–Crippen LogP) is 1.44. The summed E-state index contributed by atoms with van der Waals surface area (Å²) in [5, 5.41) is 2.66. The minimum atomic E-state index is -0.102. The van der Waals surface area contributed by atoms with Gasteiger partial charge < -0.3 is 14.8 Å². The molecule has 0 radical (unpaired) electrons. The highest BCUT2D eigenvalue weighted by Crippen LogP contribution is 1.89. The van der Waals surface area contributed by atoms with Crippen LogP contribution in [0, 0.1) is 0 Å². The molecule has 0 aliphatic rings. The molecule has 0 rings (SSSR count). The molecular formula is C11H23NO3S. The molecule has 0 aromatic carbocycles. The standard InChI is InChI=1S/C9H17NO3S.C2H6/c1-8(11)2-3-9(12)10-4-5-13-6-7-14;1-2/h14H,2-7H2,1H3,(H,10,12);1-2H3. The molecule has 0 aromatic rings. The molecule has 96 valence electrons. The van der Waals surface area contributed by atoms with Crippen molar-refractivity contribution < 1.29 is 14.3 Å². The van der Waals surface area contributed by atoms with Crippen LogP contribution >= 0.6 is 12.6 Å². The first-order chi connectivity index (χ1) is 7.66. The van der Waals surface area contributed by atoms with E-state index in [9.17, 15) is 9.59 Å². The second-order valence-corrected chi connectivity index (χ2v) is 3.34. The molecule has 0 aliphatic heterocycles. The van der Waals surface area contributed by atoms with Gasteiger partial charge in [-0.2, -0.15) is 12.6 Å². The van der Waals surface area contributed by atoms with Crippen LogP contribution in [0.5, 0.6) is 0 Å². The Morgan fingerprint density at radius 1 is 1.19 bits per heavy atom. The van der Waals surface area contributed by atoms with Crippen LogP contribution in [0.25, 0.3) is 0 Å². The van der Waals surface area contributed by atoms with E-state index in [0.717, 1.165) is 0 Å². The van der Waals surface area contributed by atoms with E-state index >= 15 is 0 Å². The SMILES string of the molecule is CC.CC(=O)CCC(=O)NCCOCCS. The Bertz CT molecular complexity index is 186. The van der Waals surface area contributed by atoms with Crippen molar-refractivity contribution >= 4 is 24.3 Å². The Morgan fingerprint density at radius 2 is 1.81 bits per heavy atom. The third kappa shape index (κ3) is 15.9. The zero-order valence-electron chi connectivity index (χ0n) is 10.4. The van der Waals surface area contributed by atoms with E-state index in [1.165, 1.54) is 6.92 Å². The maximum atomic E-state index is 11.0. The van der Waals surface area contributed by atoms with Gasteiger partial charge in [-0.25, -0.2) is 0 Å². The van der Waals surface area contributed by atoms with E-state index in [0.29, 0.717) is 31.9 Å². The number of rotatable bonds is 8. The van der Waals surface area contributed by atoms with Crippen LogP contribution in [0.2, 0.25) is 0 Å². The smallest absolute Gasteiger partial charge is 0.220 e. The van der Waals surface area contributed by atoms with Gasteiger partial charge in [-0.15, -0.1) is 0 Å². The molecule has 0 bridgehead atoms. The van der Waals surface area contributed by atoms with Gasteiger partial charge in [0.05, 0.1) is 13.2 Å². The summed E-state index contributed by atoms with van der Waals surface area (Å²) >= 11 is 3.97. The van der Waals surface area contributed by atoms with Gasteiger partial charge in [0.2, 0.25) is 5.91 Å². The largest absolute Gasteiger partial charge is 0.379 e. The quantitative estimate of drug-likeness (QED) is 0.505. The van der Waals surface area contributed by atoms with Crippen molar-refractivity contribution in [3.05, 3.63) is 0 Å². The Labute approximate surface area is 104 Å². The normalized spacial score (nSPS) is 9.00. The molecule has 0 aromatic heterocycles. The van der Waals surface area contributed by atoms with Crippen molar-refractivity contribution in [1.82, 2.24) is 5.32 Å². The summed E-state index contributed by atoms with van der Waals surface area (Å²) in [7, 11) is 0. The van der Waals surface area contributed by atoms with Crippen LogP contribution in [0.15, 0.2) is 0 Å². The summed E-state index contributed by atoms with van der Waals surface area (Å²) in [6.07, 6.45) is 0.575. The maximum absolute atomic E-state index is 11.0. The van der Waals surface area contributed by atoms with E-state index in [-0.39, 0.29) is 18.1 Å². The molecule has 0 aliphatic carbocycles. The number of ketones is 1. The average molecular weight is 249 g/mol. The van der Waals surface area contributed by atoms with Gasteiger partial charge in [0.15, 0.2) is 0 Å². The first-order valence-electron chi connectivity index (χ1n) is 5.61. The van der Waals surface area contributed by atoms with Crippen molar-refractivity contribution in [1.29, 1.82) is 0 Å². The van der Waals surface area contributed by atoms with Crippen LogP contribution in [-0.2, 0) is 14.3 Å². The molecule has 1 amide bonds. The van der Waals surface area contributed by atoms with Crippen molar-refractivity contribution in [3.8, 4) is 0 Å². The highest BCUT2D eigenvalue weighted by Gasteiger charge is 2.01. The third-order valence-corrected chi connectivity index (χ3v) is 1.69. The molecule has 1 N–H and O–H groups in total. The maximum Gasteiger partial charge on any atom is 0.220 e. The lowest BCUT2D eigenvalue weighted by atomic mass is 10.2. The number of carbonyl (C=O) groups is 2. The van der Waals surface area contributed by atoms with Crippen molar-refractivity contribution in [2.45, 2.75) is 33.6 Å². The highest BCUT2D eigenvalue weighted by molar-refractivity contribution is 7.80. The summed E-state index contributed by atoms with van der Waals surface area (Å²) in [4.78, 5) is 21.6. The average Bonchev–Trinajstić information content (AvgIpc) is 2.29. The Hall–Kier alpha value is -0.550. The van der Waals surface area contributed by atoms with Crippen molar-refractivity contribution in [2.24, 2.45) is 0 Å². The molecule has 0 fully saturated rings. The fraction of sp³-hybridized carbons (Fsp3) is 0.818. The Balaban J connectivity index is 0. The topological polar surface area (TPSA) is 55.4 Å². The molecular weight excluding hydrogens is 226 g/mol. The van der Waals surface area contributed by atoms with Gasteiger partial charge in [0, 0.05) is 25.1 Å². The summed E-state index contributed by atoms with van der Waals surface area (Å²) in [6.45, 7) is 7.05. The van der Waals surface area contributed by atoms with Gasteiger partial charge in [0.1, 0.15) is 5.78 Å². The Morgan fingerprint density at radius 3 is 2.31 bits per heavy atom. The number of Topliss-reactive ketones (excluding diaryl/α,β-unsaturated/α-hetero) is 1. The second kappa shape index (κ2) is 14.5. The van der Waals surface area contributed by atoms with E-state index in [2.05, 4.69) is 17.9 Å². The van der Waals surface area contributed by atoms with Gasteiger partial charge in [-0.05, 0) is 6.92 Å². The van der Waals surface area contributed by atoms with Crippen molar-refractivity contribution in [2.75, 3.05) is 25.5 Å². The fourth-order valence-electron chi connectivity index (χ4n) is 0.807. The number of amides is 1. The highest BCUT2D eigenvalue weighted by atomic mass is 32.1. The molecule has 4 nitrogen and oxygen atoms in total. The van der Waals surface area contributed by atoms with Gasteiger partial charge >= 0.3 is 0 Å². The first kappa shape index (κ1) is 17.8. The zero-order valence-corrected chi connectivity index (χ0v) is 11.3. The van der Waals surface area contributed by atoms with Crippen LogP contribution in [0.3, 0.4) is 0 Å². The minimum Gasteiger partial charge on any atom is -0.379 e. The lowest BCUT2D eigenvalue weighted by molar-refractivity contribution is -0.124. The summed E-state index contributed by atoms with van der Waals surface area (Å²) in [6, 6.07) is 0. The summed E-state index contributed by atoms with van der Waals surface area (Å²) in [5.41, 5.74) is 0. The van der Waals surface area contributed by atoms with Gasteiger partial charge in [0.25, 0.3) is 0 Å². The van der Waals surface area contributed by atoms with E-state index in [4.69, 9.17) is 4.74 Å². The van der Waals surface area contributed by atoms with Gasteiger partial charge in [-0.1, -0.05) is 13.8 Å². The number of thiol groups is 1. The summed E-state index contributed by atoms with van der Waals surface area (Å²) < 4.78 is 5.10. The number of carbonyl (C=O) groups excluding carboxylic acids is 2. The molecule has 0 unspecified atom stereocenters. The van der Waals surface area contributed by atoms with Crippen LogP contribution in [0.1, 0.15) is 33.6 Å². The first-order valence-corrected chi connectivity index (χ1v) is 6.24. The van der Waals surface area contributed by atoms with E-state index in [1.807, 2.05) is 13.8 Å². The van der Waals surface area contributed by atoms with Crippen LogP contribution < -0.4 is 5.32 Å². The van der Waals surface area contributed by atoms with Crippen molar-refractivity contribution in [3.63, 3.8) is 0 Å². The van der Waals surface area contributed by atoms with E-state index in [1.54, 1.807) is 0 Å². The van der Waals surface area contributed by atoms with Gasteiger partial charge in [-0.3, -0.25) is 4.79 Å². The fourth-order valence-corrected chi connectivity index (χ4v) is 0.936. The molecule has 0 atom stereocenters. The molecule has 16 heavy (non-hydrogen) atoms. The summed E-state index contributed by atoms with van der Waals surface area (Å²) in [5.74, 6) is 0.610. The molecule has 0 spiro atoms. The lowest BCUT2D eigenvalue weighted by Crippen LogP contribution is -2.27. The number of ether oxygens (including phenoxy) is 1. The number of hydrogen-bond donors (Lipinski definition) is 2. The second-order valence-electron chi connectivity index (χ2n) is 2.89. The molecule has 0 saturated carbocycles. The number of nitrogens with one attached hydrogen (secondary N) is 1. The Kier molecular flexibility index (Phi) is 16.1.